The third-order valence-corrected chi connectivity index (χ3v) is 8.93. The van der Waals surface area contributed by atoms with Gasteiger partial charge >= 0.3 is 0 Å². The average molecular weight is 527 g/mol. The zero-order valence-corrected chi connectivity index (χ0v) is 22.2. The molecule has 1 aromatic carbocycles. The van der Waals surface area contributed by atoms with Crippen molar-refractivity contribution in [1.29, 1.82) is 0 Å². The first-order chi connectivity index (χ1) is 17.7. The second-order valence-electron chi connectivity index (χ2n) is 10.4. The van der Waals surface area contributed by atoms with Gasteiger partial charge in [0.25, 0.3) is 5.91 Å². The largest absolute Gasteiger partial charge is 0.394 e. The molecule has 0 bridgehead atoms. The molecule has 37 heavy (non-hydrogen) atoms. The van der Waals surface area contributed by atoms with E-state index in [9.17, 15) is 23.1 Å². The molecule has 2 aromatic rings. The van der Waals surface area contributed by atoms with Crippen molar-refractivity contribution in [3.63, 3.8) is 0 Å². The number of aldehydes is 1. The topological polar surface area (TPSA) is 111 Å². The Bertz CT molecular complexity index is 1300. The summed E-state index contributed by atoms with van der Waals surface area (Å²) >= 11 is 0. The molecule has 1 saturated carbocycles. The summed E-state index contributed by atoms with van der Waals surface area (Å²) in [6, 6.07) is 6.20. The fourth-order valence-electron chi connectivity index (χ4n) is 5.63. The fourth-order valence-corrected chi connectivity index (χ4v) is 6.52. The third-order valence-electron chi connectivity index (χ3n) is 7.79. The van der Waals surface area contributed by atoms with Gasteiger partial charge in [-0.2, -0.15) is 0 Å². The Hall–Kier alpha value is -2.98. The highest BCUT2D eigenvalue weighted by atomic mass is 32.2. The minimum atomic E-state index is -3.73. The minimum absolute atomic E-state index is 0.0566. The summed E-state index contributed by atoms with van der Waals surface area (Å²) in [4.78, 5) is 35.4. The van der Waals surface area contributed by atoms with E-state index in [0.29, 0.717) is 50.6 Å². The van der Waals surface area contributed by atoms with Gasteiger partial charge in [0.2, 0.25) is 0 Å². The lowest BCUT2D eigenvalue weighted by Gasteiger charge is -2.36. The van der Waals surface area contributed by atoms with Gasteiger partial charge in [-0.05, 0) is 67.9 Å². The number of piperazine rings is 1. The first-order valence-corrected chi connectivity index (χ1v) is 14.8. The van der Waals surface area contributed by atoms with Crippen molar-refractivity contribution < 1.29 is 23.1 Å². The number of carbonyl (C=O) groups is 2. The first kappa shape index (κ1) is 25.7. The van der Waals surface area contributed by atoms with Crippen molar-refractivity contribution in [3.05, 3.63) is 47.2 Å². The van der Waals surface area contributed by atoms with Crippen LogP contribution in [0.4, 0.5) is 11.5 Å². The number of hydrogen-bond donors (Lipinski definition) is 1. The molecule has 0 radical (unpaired) electrons. The third kappa shape index (κ3) is 5.09. The van der Waals surface area contributed by atoms with Crippen molar-refractivity contribution in [1.82, 2.24) is 9.88 Å². The molecule has 9 nitrogen and oxygen atoms in total. The van der Waals surface area contributed by atoms with Crippen LogP contribution in [0, 0.1) is 6.92 Å². The van der Waals surface area contributed by atoms with E-state index in [1.807, 2.05) is 6.20 Å². The zero-order chi connectivity index (χ0) is 26.3. The molecular formula is C27H34N4O5S. The molecule has 10 heteroatoms. The molecule has 1 amide bonds. The second-order valence-corrected chi connectivity index (χ2v) is 12.4. The van der Waals surface area contributed by atoms with E-state index in [-0.39, 0.29) is 29.0 Å². The van der Waals surface area contributed by atoms with Gasteiger partial charge < -0.3 is 24.6 Å². The average Bonchev–Trinajstić information content (AvgIpc) is 3.66. The predicted molar refractivity (Wildman–Crippen MR) is 141 cm³/mol. The summed E-state index contributed by atoms with van der Waals surface area (Å²) in [5, 5.41) is 9.77. The molecule has 1 aromatic heterocycles. The van der Waals surface area contributed by atoms with Crippen molar-refractivity contribution >= 4 is 33.5 Å². The van der Waals surface area contributed by atoms with Crippen molar-refractivity contribution in [2.75, 3.05) is 48.8 Å². The normalized spacial score (nSPS) is 22.4. The Labute approximate surface area is 218 Å². The number of nitrogens with zero attached hydrogens (tertiary/aromatic N) is 4. The smallest absolute Gasteiger partial charge is 0.255 e. The van der Waals surface area contributed by atoms with Crippen LogP contribution in [-0.4, -0.2) is 86.7 Å². The second kappa shape index (κ2) is 10.1. The Morgan fingerprint density at radius 1 is 1.11 bits per heavy atom. The van der Waals surface area contributed by atoms with Crippen LogP contribution in [0.15, 0.2) is 35.4 Å². The van der Waals surface area contributed by atoms with Crippen molar-refractivity contribution in [2.24, 2.45) is 0 Å². The molecule has 5 rings (SSSR count). The van der Waals surface area contributed by atoms with Gasteiger partial charge in [0.05, 0.1) is 29.1 Å². The van der Waals surface area contributed by atoms with Gasteiger partial charge in [0.1, 0.15) is 12.1 Å². The van der Waals surface area contributed by atoms with Crippen molar-refractivity contribution in [3.8, 4) is 0 Å². The van der Waals surface area contributed by atoms with Gasteiger partial charge in [0, 0.05) is 44.3 Å². The van der Waals surface area contributed by atoms with Gasteiger partial charge in [-0.15, -0.1) is 0 Å². The minimum Gasteiger partial charge on any atom is -0.394 e. The van der Waals surface area contributed by atoms with Crippen LogP contribution in [0.25, 0.3) is 0 Å². The first-order valence-electron chi connectivity index (χ1n) is 12.9. The fraction of sp³-hybridized carbons (Fsp3) is 0.519. The summed E-state index contributed by atoms with van der Waals surface area (Å²) in [6.45, 7) is 4.08. The quantitative estimate of drug-likeness (QED) is 0.547. The van der Waals surface area contributed by atoms with Gasteiger partial charge in [-0.3, -0.25) is 4.79 Å². The van der Waals surface area contributed by atoms with E-state index in [1.54, 1.807) is 15.9 Å². The number of aliphatic hydroxyl groups excluding tert-OH is 1. The number of rotatable bonds is 7. The SMILES string of the molecule is Cc1cc(C2CC2)cnc1N1CCN(C(=O)c2ccc(N3C(C=O)CC[C@H]3CO)cc2S(C)(=O)=O)CC1. The number of benzene rings is 1. The molecule has 3 aliphatic rings. The van der Waals surface area contributed by atoms with Gasteiger partial charge in [-0.1, -0.05) is 6.07 Å². The zero-order valence-electron chi connectivity index (χ0n) is 21.3. The van der Waals surface area contributed by atoms with E-state index in [0.717, 1.165) is 23.9 Å². The Morgan fingerprint density at radius 3 is 2.43 bits per heavy atom. The molecule has 1 unspecified atom stereocenters. The highest BCUT2D eigenvalue weighted by Crippen LogP contribution is 2.40. The van der Waals surface area contributed by atoms with E-state index in [1.165, 1.54) is 30.5 Å². The van der Waals surface area contributed by atoms with Crippen LogP contribution >= 0.6 is 0 Å². The maximum atomic E-state index is 13.5. The van der Waals surface area contributed by atoms with E-state index in [4.69, 9.17) is 4.98 Å². The molecule has 2 atom stereocenters. The lowest BCUT2D eigenvalue weighted by atomic mass is 10.1. The molecular weight excluding hydrogens is 492 g/mol. The number of sulfone groups is 1. The van der Waals surface area contributed by atoms with Crippen LogP contribution in [0.2, 0.25) is 0 Å². The predicted octanol–water partition coefficient (Wildman–Crippen LogP) is 2.16. The molecule has 3 fully saturated rings. The molecule has 2 saturated heterocycles. The maximum Gasteiger partial charge on any atom is 0.255 e. The van der Waals surface area contributed by atoms with Crippen molar-refractivity contribution in [2.45, 2.75) is 55.5 Å². The highest BCUT2D eigenvalue weighted by Gasteiger charge is 2.35. The van der Waals surface area contributed by atoms with Gasteiger partial charge in [-0.25, -0.2) is 13.4 Å². The van der Waals surface area contributed by atoms with Crippen LogP contribution in [0.1, 0.15) is 53.1 Å². The number of pyridine rings is 1. The Balaban J connectivity index is 1.34. The molecule has 1 N–H and O–H groups in total. The molecule has 198 valence electrons. The Kier molecular flexibility index (Phi) is 6.97. The van der Waals surface area contributed by atoms with Gasteiger partial charge in [0.15, 0.2) is 9.84 Å². The number of aromatic nitrogens is 1. The monoisotopic (exact) mass is 526 g/mol. The molecule has 3 heterocycles. The summed E-state index contributed by atoms with van der Waals surface area (Å²) in [5.41, 5.74) is 3.08. The number of hydrogen-bond acceptors (Lipinski definition) is 8. The van der Waals surface area contributed by atoms with Crippen LogP contribution in [0.3, 0.4) is 0 Å². The maximum absolute atomic E-state index is 13.5. The number of carbonyl (C=O) groups excluding carboxylic acids is 2. The van der Waals surface area contributed by atoms with Crippen LogP contribution < -0.4 is 9.80 Å². The van der Waals surface area contributed by atoms with E-state index >= 15 is 0 Å². The number of aryl methyl sites for hydroxylation is 1. The molecule has 2 aliphatic heterocycles. The highest BCUT2D eigenvalue weighted by molar-refractivity contribution is 7.90. The lowest BCUT2D eigenvalue weighted by Crippen LogP contribution is -2.49. The summed E-state index contributed by atoms with van der Waals surface area (Å²) in [6.07, 6.45) is 7.57. The summed E-state index contributed by atoms with van der Waals surface area (Å²) in [5.74, 6) is 1.26. The lowest BCUT2D eigenvalue weighted by molar-refractivity contribution is -0.108. The summed E-state index contributed by atoms with van der Waals surface area (Å²) < 4.78 is 25.5. The summed E-state index contributed by atoms with van der Waals surface area (Å²) in [7, 11) is -3.73. The van der Waals surface area contributed by atoms with E-state index < -0.39 is 15.9 Å². The molecule has 0 spiro atoms. The van der Waals surface area contributed by atoms with Crippen LogP contribution in [-0.2, 0) is 14.6 Å². The number of anilines is 2. The standard InChI is InChI=1S/C27H34N4O5S/c1-18-13-20(19-3-4-19)15-28-26(18)29-9-11-30(12-10-29)27(34)24-8-7-21(14-25(24)37(2,35)36)31-22(16-32)5-6-23(31)17-33/h7-8,13-16,19,22-23,33H,3-6,9-12,17H2,1-2H3/t22?,23-/m0/s1. The van der Waals surface area contributed by atoms with E-state index in [2.05, 4.69) is 17.9 Å². The van der Waals surface area contributed by atoms with Crippen LogP contribution in [0.5, 0.6) is 0 Å². The number of amides is 1. The Morgan fingerprint density at radius 2 is 1.84 bits per heavy atom. The number of aliphatic hydroxyl groups is 1. The molecule has 1 aliphatic carbocycles.